The van der Waals surface area contributed by atoms with Crippen LogP contribution in [0.25, 0.3) is 0 Å². The van der Waals surface area contributed by atoms with Crippen molar-refractivity contribution in [2.45, 2.75) is 12.5 Å². The third-order valence-corrected chi connectivity index (χ3v) is 4.52. The van der Waals surface area contributed by atoms with Crippen LogP contribution in [-0.2, 0) is 11.8 Å². The van der Waals surface area contributed by atoms with Gasteiger partial charge >= 0.3 is 0 Å². The second kappa shape index (κ2) is 7.44. The van der Waals surface area contributed by atoms with Gasteiger partial charge in [0, 0.05) is 39.6 Å². The van der Waals surface area contributed by atoms with Crippen molar-refractivity contribution >= 4 is 29.3 Å². The van der Waals surface area contributed by atoms with Crippen molar-refractivity contribution in [1.29, 1.82) is 0 Å². The topological polar surface area (TPSA) is 122 Å². The molecule has 0 spiro atoms. The normalized spacial score (nSPS) is 16.2. The Morgan fingerprint density at radius 1 is 1.44 bits per heavy atom. The molecule has 2 amide bonds. The molecular formula is C17H22N8O2. The van der Waals surface area contributed by atoms with Crippen LogP contribution in [0.3, 0.4) is 0 Å². The lowest BCUT2D eigenvalue weighted by Crippen LogP contribution is -2.37. The number of likely N-dealkylation sites (tertiary alicyclic amines) is 1. The first-order valence-corrected chi connectivity index (χ1v) is 8.46. The molecule has 1 fully saturated rings. The molecule has 142 valence electrons. The fourth-order valence-electron chi connectivity index (χ4n) is 2.98. The molecule has 2 aromatic rings. The largest absolute Gasteiger partial charge is 0.364 e. The molecule has 1 saturated heterocycles. The van der Waals surface area contributed by atoms with Crippen molar-refractivity contribution in [3.63, 3.8) is 0 Å². The van der Waals surface area contributed by atoms with Crippen molar-refractivity contribution in [2.75, 3.05) is 30.4 Å². The highest BCUT2D eigenvalue weighted by molar-refractivity contribution is 5.96. The van der Waals surface area contributed by atoms with E-state index in [1.807, 2.05) is 42.0 Å². The molecule has 27 heavy (non-hydrogen) atoms. The van der Waals surface area contributed by atoms with E-state index in [1.54, 1.807) is 4.90 Å². The van der Waals surface area contributed by atoms with Gasteiger partial charge in [0.25, 0.3) is 5.91 Å². The lowest BCUT2D eigenvalue weighted by atomic mass is 10.2. The lowest BCUT2D eigenvalue weighted by molar-refractivity contribution is -0.125. The van der Waals surface area contributed by atoms with Crippen molar-refractivity contribution < 1.29 is 9.59 Å². The Bertz CT molecular complexity index is 878. The summed E-state index contributed by atoms with van der Waals surface area (Å²) in [5, 5.41) is 11.0. The molecule has 0 saturated carbocycles. The van der Waals surface area contributed by atoms with Gasteiger partial charge in [0.05, 0.1) is 11.7 Å². The van der Waals surface area contributed by atoms with Crippen molar-refractivity contribution in [1.82, 2.24) is 24.6 Å². The second-order valence-electron chi connectivity index (χ2n) is 6.41. The van der Waals surface area contributed by atoms with Crippen molar-refractivity contribution in [3.05, 3.63) is 36.8 Å². The maximum Gasteiger partial charge on any atom is 0.273 e. The molecule has 3 rings (SSSR count). The maximum absolute atomic E-state index is 11.8. The monoisotopic (exact) mass is 370 g/mol. The van der Waals surface area contributed by atoms with Crippen LogP contribution in [-0.4, -0.2) is 62.6 Å². The zero-order valence-corrected chi connectivity index (χ0v) is 15.3. The van der Waals surface area contributed by atoms with E-state index in [-0.39, 0.29) is 23.5 Å². The van der Waals surface area contributed by atoms with Gasteiger partial charge < -0.3 is 25.4 Å². The van der Waals surface area contributed by atoms with Crippen LogP contribution < -0.4 is 16.0 Å². The molecule has 1 atom stereocenters. The predicted molar refractivity (Wildman–Crippen MR) is 101 cm³/mol. The van der Waals surface area contributed by atoms with E-state index < -0.39 is 5.91 Å². The number of hydrogen-bond acceptors (Lipinski definition) is 7. The highest BCUT2D eigenvalue weighted by atomic mass is 16.2. The van der Waals surface area contributed by atoms with Crippen molar-refractivity contribution in [2.24, 2.45) is 12.8 Å². The number of carbonyl (C=O) groups is 2. The molecule has 1 aliphatic rings. The average Bonchev–Trinajstić information content (AvgIpc) is 3.29. The fourth-order valence-corrected chi connectivity index (χ4v) is 2.98. The van der Waals surface area contributed by atoms with Crippen molar-refractivity contribution in [3.8, 4) is 0 Å². The number of aromatic nitrogens is 4. The number of nitrogens with one attached hydrogen (secondary N) is 1. The Hall–Kier alpha value is -3.43. The first kappa shape index (κ1) is 18.4. The minimum absolute atomic E-state index is 0.0362. The molecular weight excluding hydrogens is 348 g/mol. The van der Waals surface area contributed by atoms with Crippen LogP contribution in [0.15, 0.2) is 31.1 Å². The number of amides is 2. The zero-order valence-electron chi connectivity index (χ0n) is 15.3. The summed E-state index contributed by atoms with van der Waals surface area (Å²) in [6, 6.07) is 1.88. The van der Waals surface area contributed by atoms with Crippen LogP contribution in [0.1, 0.15) is 16.9 Å². The van der Waals surface area contributed by atoms with Gasteiger partial charge in [-0.15, -0.1) is 10.2 Å². The standard InChI is InChI=1S/C17H22N8O2/c1-4-13(26)25-8-6-12(10-25)24(3)17-20-16(14(15(18)27)21-22-17)19-11-5-7-23(2)9-11/h4-5,7,9,12H,1,6,8,10H2,2-3H3,(H2,18,27)(H,19,20,22)/t12-/m1/s1. The summed E-state index contributed by atoms with van der Waals surface area (Å²) in [7, 11) is 3.72. The molecule has 1 aliphatic heterocycles. The molecule has 10 nitrogen and oxygen atoms in total. The van der Waals surface area contributed by atoms with E-state index in [0.29, 0.717) is 19.0 Å². The predicted octanol–water partition coefficient (Wildman–Crippen LogP) is 0.276. The second-order valence-corrected chi connectivity index (χ2v) is 6.41. The SMILES string of the molecule is C=CC(=O)N1CC[C@@H](N(C)c2nnc(C(N)=O)c(Nc3ccn(C)c3)n2)C1. The van der Waals surface area contributed by atoms with Crippen LogP contribution in [0, 0.1) is 0 Å². The number of nitrogens with two attached hydrogens (primary N) is 1. The third-order valence-electron chi connectivity index (χ3n) is 4.52. The number of carbonyl (C=O) groups excluding carboxylic acids is 2. The smallest absolute Gasteiger partial charge is 0.273 e. The molecule has 10 heteroatoms. The summed E-state index contributed by atoms with van der Waals surface area (Å²) in [4.78, 5) is 31.5. The maximum atomic E-state index is 11.8. The van der Waals surface area contributed by atoms with E-state index in [4.69, 9.17) is 5.73 Å². The van der Waals surface area contributed by atoms with Gasteiger partial charge in [-0.1, -0.05) is 6.58 Å². The summed E-state index contributed by atoms with van der Waals surface area (Å²) < 4.78 is 1.86. The fraction of sp³-hybridized carbons (Fsp3) is 0.353. The molecule has 2 aromatic heterocycles. The highest BCUT2D eigenvalue weighted by Gasteiger charge is 2.29. The van der Waals surface area contributed by atoms with E-state index in [0.717, 1.165) is 12.1 Å². The molecule has 3 heterocycles. The average molecular weight is 370 g/mol. The first-order valence-electron chi connectivity index (χ1n) is 8.46. The summed E-state index contributed by atoms with van der Waals surface area (Å²) >= 11 is 0. The number of primary amides is 1. The highest BCUT2D eigenvalue weighted by Crippen LogP contribution is 2.22. The lowest BCUT2D eigenvalue weighted by Gasteiger charge is -2.24. The quantitative estimate of drug-likeness (QED) is 0.700. The molecule has 0 aromatic carbocycles. The number of nitrogens with zero attached hydrogens (tertiary/aromatic N) is 6. The van der Waals surface area contributed by atoms with E-state index >= 15 is 0 Å². The Labute approximate surface area is 156 Å². The molecule has 3 N–H and O–H groups in total. The van der Waals surface area contributed by atoms with Gasteiger partial charge in [-0.2, -0.15) is 4.98 Å². The van der Waals surface area contributed by atoms with E-state index in [2.05, 4.69) is 27.1 Å². The van der Waals surface area contributed by atoms with Crippen LogP contribution >= 0.6 is 0 Å². The Morgan fingerprint density at radius 2 is 2.22 bits per heavy atom. The van der Waals surface area contributed by atoms with Gasteiger partial charge in [0.2, 0.25) is 11.9 Å². The van der Waals surface area contributed by atoms with Gasteiger partial charge in [-0.25, -0.2) is 0 Å². The van der Waals surface area contributed by atoms with Gasteiger partial charge in [0.15, 0.2) is 11.5 Å². The van der Waals surface area contributed by atoms with E-state index in [9.17, 15) is 9.59 Å². The number of rotatable bonds is 6. The van der Waals surface area contributed by atoms with Crippen LogP contribution in [0.5, 0.6) is 0 Å². The Morgan fingerprint density at radius 3 is 2.85 bits per heavy atom. The van der Waals surface area contributed by atoms with Crippen LogP contribution in [0.2, 0.25) is 0 Å². The summed E-state index contributed by atoms with van der Waals surface area (Å²) in [6.45, 7) is 4.71. The minimum atomic E-state index is -0.716. The van der Waals surface area contributed by atoms with Gasteiger partial charge in [-0.05, 0) is 18.6 Å². The van der Waals surface area contributed by atoms with Gasteiger partial charge in [0.1, 0.15) is 0 Å². The number of likely N-dealkylation sites (N-methyl/N-ethyl adjacent to an activating group) is 1. The van der Waals surface area contributed by atoms with Gasteiger partial charge in [-0.3, -0.25) is 9.59 Å². The third kappa shape index (κ3) is 3.89. The molecule has 0 aliphatic carbocycles. The summed E-state index contributed by atoms with van der Waals surface area (Å²) in [6.07, 6.45) is 5.78. The Kier molecular flexibility index (Phi) is 5.06. The molecule has 0 bridgehead atoms. The van der Waals surface area contributed by atoms with Crippen LogP contribution in [0.4, 0.5) is 17.5 Å². The number of anilines is 3. The number of hydrogen-bond donors (Lipinski definition) is 2. The summed E-state index contributed by atoms with van der Waals surface area (Å²) in [5.74, 6) is -0.231. The molecule has 0 unspecified atom stereocenters. The minimum Gasteiger partial charge on any atom is -0.364 e. The zero-order chi connectivity index (χ0) is 19.6. The summed E-state index contributed by atoms with van der Waals surface area (Å²) in [5.41, 5.74) is 6.11. The molecule has 0 radical (unpaired) electrons. The Balaban J connectivity index is 1.83. The first-order chi connectivity index (χ1) is 12.9. The number of aryl methyl sites for hydroxylation is 1. The van der Waals surface area contributed by atoms with E-state index in [1.165, 1.54) is 6.08 Å².